The summed E-state index contributed by atoms with van der Waals surface area (Å²) in [6, 6.07) is 15.9. The van der Waals surface area contributed by atoms with Crippen molar-refractivity contribution in [2.24, 2.45) is 0 Å². The largest absolute Gasteiger partial charge is 0.496 e. The molecule has 0 atom stereocenters. The summed E-state index contributed by atoms with van der Waals surface area (Å²) in [5, 5.41) is 5.93. The van der Waals surface area contributed by atoms with Crippen LogP contribution in [0, 0.1) is 6.92 Å². The van der Waals surface area contributed by atoms with Crippen LogP contribution in [0.4, 0.5) is 17.3 Å². The maximum Gasteiger partial charge on any atom is 0.259 e. The molecule has 1 saturated heterocycles. The molecule has 5 rings (SSSR count). The first-order valence-corrected chi connectivity index (χ1v) is 16.9. The molecule has 2 heterocycles. The fourth-order valence-electron chi connectivity index (χ4n) is 5.83. The lowest BCUT2D eigenvalue weighted by atomic mass is 10.1. The van der Waals surface area contributed by atoms with E-state index in [0.29, 0.717) is 47.2 Å². The smallest absolute Gasteiger partial charge is 0.259 e. The van der Waals surface area contributed by atoms with Gasteiger partial charge in [0.05, 0.1) is 36.2 Å². The number of nitrogens with zero attached hydrogens (tertiary/aromatic N) is 4. The average molecular weight is 686 g/mol. The third kappa shape index (κ3) is 8.90. The maximum absolute atomic E-state index is 13.7. The van der Waals surface area contributed by atoms with Crippen molar-refractivity contribution in [2.45, 2.75) is 32.6 Å². The summed E-state index contributed by atoms with van der Waals surface area (Å²) in [5.74, 6) is 0.899. The first-order valence-electron chi connectivity index (χ1n) is 16.9. The molecule has 1 aliphatic heterocycles. The van der Waals surface area contributed by atoms with E-state index < -0.39 is 5.91 Å². The van der Waals surface area contributed by atoms with Gasteiger partial charge in [0, 0.05) is 52.3 Å². The van der Waals surface area contributed by atoms with Crippen molar-refractivity contribution in [1.29, 1.82) is 0 Å². The highest BCUT2D eigenvalue weighted by atomic mass is 16.5. The molecule has 1 aromatic heterocycles. The first kappa shape index (κ1) is 36.1. The maximum atomic E-state index is 13.7. The van der Waals surface area contributed by atoms with Crippen LogP contribution in [-0.2, 0) is 9.53 Å². The summed E-state index contributed by atoms with van der Waals surface area (Å²) in [6.07, 6.45) is 3.03. The topological polar surface area (TPSA) is 141 Å². The Morgan fingerprint density at radius 3 is 2.52 bits per heavy atom. The number of hydrogen-bond acceptors (Lipinski definition) is 9. The molecular formula is C37H47N7O6. The summed E-state index contributed by atoms with van der Waals surface area (Å²) in [7, 11) is 6.81. The number of para-hydroxylation sites is 1. The number of aromatic nitrogens is 2. The van der Waals surface area contributed by atoms with E-state index in [9.17, 15) is 14.4 Å². The van der Waals surface area contributed by atoms with Crippen LogP contribution in [0.2, 0.25) is 0 Å². The standard InChI is InChI=1S/C37H47N7O6/c1-25-13-16-30(32(22-25)50-21-8-6-7-12-33(45)44-19-17-42(2)18-20-44)43(3)36(47)26-14-15-27(31(23-26)49-5)35(46)39-28-10-9-11-29-34(28)41-37(40-29)38-24-48-4/h9-11,13-16,22-23H,6-8,12,17-21,24H2,1-5H3,(H,39,46)(H2,38,40,41). The third-order valence-corrected chi connectivity index (χ3v) is 8.77. The van der Waals surface area contributed by atoms with Crippen LogP contribution in [0.25, 0.3) is 11.0 Å². The molecule has 0 unspecified atom stereocenters. The number of benzene rings is 3. The molecule has 4 aromatic rings. The first-order chi connectivity index (χ1) is 24.2. The van der Waals surface area contributed by atoms with Crippen LogP contribution in [-0.4, -0.2) is 105 Å². The molecule has 1 fully saturated rings. The predicted molar refractivity (Wildman–Crippen MR) is 194 cm³/mol. The van der Waals surface area contributed by atoms with E-state index in [2.05, 4.69) is 32.5 Å². The molecule has 0 bridgehead atoms. The van der Waals surface area contributed by atoms with E-state index in [4.69, 9.17) is 14.2 Å². The summed E-state index contributed by atoms with van der Waals surface area (Å²) in [4.78, 5) is 53.1. The molecule has 3 amide bonds. The lowest BCUT2D eigenvalue weighted by molar-refractivity contribution is -0.132. The van der Waals surface area contributed by atoms with Gasteiger partial charge in [0.1, 0.15) is 23.7 Å². The monoisotopic (exact) mass is 685 g/mol. The van der Waals surface area contributed by atoms with Crippen molar-refractivity contribution in [3.05, 3.63) is 71.3 Å². The molecule has 0 spiro atoms. The number of carbonyl (C=O) groups is 3. The summed E-state index contributed by atoms with van der Waals surface area (Å²) in [6.45, 7) is 6.16. The second-order valence-corrected chi connectivity index (χ2v) is 12.4. The van der Waals surface area contributed by atoms with E-state index in [1.54, 1.807) is 38.4 Å². The Hall–Kier alpha value is -5.14. The highest BCUT2D eigenvalue weighted by molar-refractivity contribution is 6.11. The number of unbranched alkanes of at least 4 members (excludes halogenated alkanes) is 2. The highest BCUT2D eigenvalue weighted by Gasteiger charge is 2.22. The normalized spacial score (nSPS) is 13.3. The molecule has 3 N–H and O–H groups in total. The molecule has 0 radical (unpaired) electrons. The average Bonchev–Trinajstić information content (AvgIpc) is 3.55. The Morgan fingerprint density at radius 2 is 1.76 bits per heavy atom. The van der Waals surface area contributed by atoms with Crippen molar-refractivity contribution in [3.8, 4) is 11.5 Å². The van der Waals surface area contributed by atoms with E-state index in [-0.39, 0.29) is 29.9 Å². The van der Waals surface area contributed by atoms with Gasteiger partial charge in [0.25, 0.3) is 11.8 Å². The lowest BCUT2D eigenvalue weighted by Crippen LogP contribution is -2.47. The Bertz CT molecular complexity index is 1800. The van der Waals surface area contributed by atoms with Gasteiger partial charge in [-0.25, -0.2) is 4.98 Å². The van der Waals surface area contributed by atoms with Crippen LogP contribution in [0.15, 0.2) is 54.6 Å². The number of ether oxygens (including phenoxy) is 3. The molecule has 0 aliphatic carbocycles. The van der Waals surface area contributed by atoms with Crippen molar-refractivity contribution < 1.29 is 28.6 Å². The van der Waals surface area contributed by atoms with Crippen molar-refractivity contribution in [3.63, 3.8) is 0 Å². The van der Waals surface area contributed by atoms with Crippen LogP contribution >= 0.6 is 0 Å². The van der Waals surface area contributed by atoms with Crippen molar-refractivity contribution >= 4 is 46.1 Å². The molecule has 1 aliphatic rings. The number of anilines is 3. The number of aromatic amines is 1. The van der Waals surface area contributed by atoms with Crippen LogP contribution in [0.1, 0.15) is 52.0 Å². The lowest BCUT2D eigenvalue weighted by Gasteiger charge is -2.32. The van der Waals surface area contributed by atoms with Gasteiger partial charge in [0.15, 0.2) is 0 Å². The van der Waals surface area contributed by atoms with Gasteiger partial charge < -0.3 is 44.5 Å². The van der Waals surface area contributed by atoms with Gasteiger partial charge in [-0.15, -0.1) is 0 Å². The summed E-state index contributed by atoms with van der Waals surface area (Å²) < 4.78 is 16.8. The third-order valence-electron chi connectivity index (χ3n) is 8.77. The van der Waals surface area contributed by atoms with E-state index in [1.165, 1.54) is 12.0 Å². The number of carbonyl (C=O) groups excluding carboxylic acids is 3. The number of imidazole rings is 1. The molecule has 50 heavy (non-hydrogen) atoms. The second kappa shape index (κ2) is 17.0. The minimum atomic E-state index is -0.408. The van der Waals surface area contributed by atoms with E-state index in [1.807, 2.05) is 42.2 Å². The quantitative estimate of drug-likeness (QED) is 0.115. The van der Waals surface area contributed by atoms with Crippen LogP contribution in [0.3, 0.4) is 0 Å². The van der Waals surface area contributed by atoms with Gasteiger partial charge in [-0.2, -0.15) is 0 Å². The van der Waals surface area contributed by atoms with Gasteiger partial charge in [-0.3, -0.25) is 14.4 Å². The summed E-state index contributed by atoms with van der Waals surface area (Å²) in [5.41, 5.74) is 4.08. The number of methoxy groups -OCH3 is 2. The molecule has 13 nitrogen and oxygen atoms in total. The van der Waals surface area contributed by atoms with Crippen molar-refractivity contribution in [1.82, 2.24) is 19.8 Å². The number of H-pyrrole nitrogens is 1. The number of rotatable bonds is 15. The zero-order chi connectivity index (χ0) is 35.6. The number of amides is 3. The van der Waals surface area contributed by atoms with Gasteiger partial charge in [-0.1, -0.05) is 12.1 Å². The van der Waals surface area contributed by atoms with Gasteiger partial charge >= 0.3 is 0 Å². The molecule has 0 saturated carbocycles. The summed E-state index contributed by atoms with van der Waals surface area (Å²) >= 11 is 0. The minimum absolute atomic E-state index is 0.224. The predicted octanol–water partition coefficient (Wildman–Crippen LogP) is 5.14. The number of hydrogen-bond donors (Lipinski definition) is 3. The number of likely N-dealkylation sites (N-methyl/N-ethyl adjacent to an activating group) is 1. The Kier molecular flexibility index (Phi) is 12.3. The van der Waals surface area contributed by atoms with Crippen molar-refractivity contribution in [2.75, 3.05) is 83.4 Å². The van der Waals surface area contributed by atoms with E-state index >= 15 is 0 Å². The number of fused-ring (bicyclic) bond motifs is 1. The minimum Gasteiger partial charge on any atom is -0.496 e. The molecule has 13 heteroatoms. The fraction of sp³-hybridized carbons (Fsp3) is 0.405. The van der Waals surface area contributed by atoms with Crippen LogP contribution < -0.4 is 25.0 Å². The number of aryl methyl sites for hydroxylation is 1. The number of nitrogens with one attached hydrogen (secondary N) is 3. The zero-order valence-corrected chi connectivity index (χ0v) is 29.5. The second-order valence-electron chi connectivity index (χ2n) is 12.4. The molecule has 3 aromatic carbocycles. The SMILES string of the molecule is COCNc1nc2c(NC(=O)c3ccc(C(=O)N(C)c4ccc(C)cc4OCCCCCC(=O)N4CCN(C)CC4)cc3OC)cccc2[nH]1. The van der Waals surface area contributed by atoms with Crippen LogP contribution in [0.5, 0.6) is 11.5 Å². The van der Waals surface area contributed by atoms with Gasteiger partial charge in [-0.05, 0) is 81.3 Å². The number of piperazine rings is 1. The Morgan fingerprint density at radius 1 is 0.960 bits per heavy atom. The van der Waals surface area contributed by atoms with Gasteiger partial charge in [0.2, 0.25) is 11.9 Å². The zero-order valence-electron chi connectivity index (χ0n) is 29.5. The highest BCUT2D eigenvalue weighted by Crippen LogP contribution is 2.32. The Balaban J connectivity index is 1.20. The molecular weight excluding hydrogens is 638 g/mol. The van der Waals surface area contributed by atoms with E-state index in [0.717, 1.165) is 56.5 Å². The molecule has 266 valence electrons. The fourth-order valence-corrected chi connectivity index (χ4v) is 5.83. The Labute approximate surface area is 292 Å².